The van der Waals surface area contributed by atoms with Crippen LogP contribution in [0.15, 0.2) is 4.21 Å². The Bertz CT molecular complexity index is 526. The SMILES string of the molecule is Cc1nc(Cl)sc1S(=O)(=O)N(C)CC1CC1C. The van der Waals surface area contributed by atoms with E-state index < -0.39 is 10.0 Å². The molecule has 1 aliphatic carbocycles. The molecule has 0 bridgehead atoms. The summed E-state index contributed by atoms with van der Waals surface area (Å²) in [5.41, 5.74) is 0.482. The summed E-state index contributed by atoms with van der Waals surface area (Å²) in [5, 5.41) is 0. The molecule has 0 aliphatic heterocycles. The van der Waals surface area contributed by atoms with E-state index in [4.69, 9.17) is 11.6 Å². The highest BCUT2D eigenvalue weighted by molar-refractivity contribution is 7.91. The molecule has 0 spiro atoms. The van der Waals surface area contributed by atoms with Crippen molar-refractivity contribution in [3.8, 4) is 0 Å². The fourth-order valence-electron chi connectivity index (χ4n) is 1.81. The Morgan fingerprint density at radius 1 is 1.59 bits per heavy atom. The Labute approximate surface area is 111 Å². The summed E-state index contributed by atoms with van der Waals surface area (Å²) in [4.78, 5) is 3.95. The molecule has 2 atom stereocenters. The predicted molar refractivity (Wildman–Crippen MR) is 68.9 cm³/mol. The molecule has 4 nitrogen and oxygen atoms in total. The molecule has 7 heteroatoms. The highest BCUT2D eigenvalue weighted by Crippen LogP contribution is 2.39. The molecule has 96 valence electrons. The molecule has 1 fully saturated rings. The zero-order valence-corrected chi connectivity index (χ0v) is 12.4. The van der Waals surface area contributed by atoms with Crippen LogP contribution in [0.3, 0.4) is 0 Å². The van der Waals surface area contributed by atoms with E-state index in [9.17, 15) is 8.42 Å². The number of sulfonamides is 1. The number of hydrogen-bond acceptors (Lipinski definition) is 4. The maximum absolute atomic E-state index is 12.3. The fourth-order valence-corrected chi connectivity index (χ4v) is 4.97. The number of rotatable bonds is 4. The van der Waals surface area contributed by atoms with Gasteiger partial charge in [-0.2, -0.15) is 4.31 Å². The van der Waals surface area contributed by atoms with E-state index in [1.54, 1.807) is 14.0 Å². The van der Waals surface area contributed by atoms with Gasteiger partial charge in [0.2, 0.25) is 0 Å². The average Bonchev–Trinajstić information content (AvgIpc) is 2.77. The van der Waals surface area contributed by atoms with Gasteiger partial charge in [-0.25, -0.2) is 13.4 Å². The van der Waals surface area contributed by atoms with E-state index in [-0.39, 0.29) is 8.68 Å². The molecule has 1 aromatic rings. The molecule has 0 aromatic carbocycles. The molecule has 0 saturated heterocycles. The minimum atomic E-state index is -3.42. The highest BCUT2D eigenvalue weighted by Gasteiger charge is 2.37. The van der Waals surface area contributed by atoms with Crippen molar-refractivity contribution in [2.75, 3.05) is 13.6 Å². The summed E-state index contributed by atoms with van der Waals surface area (Å²) in [6, 6.07) is 0. The van der Waals surface area contributed by atoms with E-state index in [0.717, 1.165) is 17.8 Å². The minimum Gasteiger partial charge on any atom is -0.229 e. The first-order valence-corrected chi connectivity index (χ1v) is 8.05. The number of thiazole rings is 1. The van der Waals surface area contributed by atoms with Crippen LogP contribution in [-0.2, 0) is 10.0 Å². The molecular formula is C10H15ClN2O2S2. The number of aryl methyl sites for hydroxylation is 1. The van der Waals surface area contributed by atoms with Crippen LogP contribution in [0, 0.1) is 18.8 Å². The van der Waals surface area contributed by atoms with E-state index >= 15 is 0 Å². The molecule has 17 heavy (non-hydrogen) atoms. The first kappa shape index (κ1) is 13.3. The number of hydrogen-bond donors (Lipinski definition) is 0. The van der Waals surface area contributed by atoms with Crippen molar-refractivity contribution in [2.45, 2.75) is 24.5 Å². The van der Waals surface area contributed by atoms with Gasteiger partial charge in [0.15, 0.2) is 8.68 Å². The van der Waals surface area contributed by atoms with Gasteiger partial charge < -0.3 is 0 Å². The summed E-state index contributed by atoms with van der Waals surface area (Å²) in [6.45, 7) is 4.39. The van der Waals surface area contributed by atoms with Gasteiger partial charge in [0.05, 0.1) is 5.69 Å². The van der Waals surface area contributed by atoms with Crippen molar-refractivity contribution in [1.29, 1.82) is 0 Å². The second-order valence-electron chi connectivity index (χ2n) is 4.60. The van der Waals surface area contributed by atoms with Crippen molar-refractivity contribution in [2.24, 2.45) is 11.8 Å². The van der Waals surface area contributed by atoms with Gasteiger partial charge >= 0.3 is 0 Å². The Hall–Kier alpha value is -0.170. The molecule has 1 saturated carbocycles. The first-order chi connectivity index (χ1) is 7.82. The van der Waals surface area contributed by atoms with Gasteiger partial charge in [0, 0.05) is 13.6 Å². The van der Waals surface area contributed by atoms with Crippen LogP contribution in [0.25, 0.3) is 0 Å². The van der Waals surface area contributed by atoms with E-state index in [2.05, 4.69) is 11.9 Å². The largest absolute Gasteiger partial charge is 0.254 e. The molecule has 0 amide bonds. The summed E-state index contributed by atoms with van der Waals surface area (Å²) in [5.74, 6) is 1.14. The van der Waals surface area contributed by atoms with Crippen LogP contribution in [0.4, 0.5) is 0 Å². The first-order valence-electron chi connectivity index (χ1n) is 5.41. The van der Waals surface area contributed by atoms with Crippen LogP contribution in [0.5, 0.6) is 0 Å². The Morgan fingerprint density at radius 2 is 2.18 bits per heavy atom. The topological polar surface area (TPSA) is 50.3 Å². The van der Waals surface area contributed by atoms with Gasteiger partial charge in [0.1, 0.15) is 0 Å². The van der Waals surface area contributed by atoms with Crippen LogP contribution in [-0.4, -0.2) is 31.3 Å². The van der Waals surface area contributed by atoms with Gasteiger partial charge in [-0.15, -0.1) is 0 Å². The molecule has 2 rings (SSSR count). The third-order valence-corrected chi connectivity index (χ3v) is 6.81. The number of nitrogens with zero attached hydrogens (tertiary/aromatic N) is 2. The summed E-state index contributed by atoms with van der Waals surface area (Å²) < 4.78 is 26.5. The minimum absolute atomic E-state index is 0.262. The van der Waals surface area contributed by atoms with E-state index in [1.165, 1.54) is 4.31 Å². The maximum Gasteiger partial charge on any atom is 0.254 e. The molecule has 1 aliphatic rings. The third kappa shape index (κ3) is 2.65. The molecule has 0 N–H and O–H groups in total. The Balaban J connectivity index is 2.20. The molecule has 2 unspecified atom stereocenters. The molecular weight excluding hydrogens is 280 g/mol. The van der Waals surface area contributed by atoms with Crippen LogP contribution < -0.4 is 0 Å². The summed E-state index contributed by atoms with van der Waals surface area (Å²) >= 11 is 6.76. The second-order valence-corrected chi connectivity index (χ2v) is 8.42. The van der Waals surface area contributed by atoms with Crippen molar-refractivity contribution in [1.82, 2.24) is 9.29 Å². The molecule has 1 heterocycles. The normalized spacial score (nSPS) is 24.3. The van der Waals surface area contributed by atoms with E-state index in [0.29, 0.717) is 24.1 Å². The molecule has 0 radical (unpaired) electrons. The lowest BCUT2D eigenvalue weighted by molar-refractivity contribution is 0.445. The van der Waals surface area contributed by atoms with Crippen molar-refractivity contribution >= 4 is 33.0 Å². The lowest BCUT2D eigenvalue weighted by atomic mass is 10.3. The maximum atomic E-state index is 12.3. The van der Waals surface area contributed by atoms with Crippen molar-refractivity contribution in [3.63, 3.8) is 0 Å². The van der Waals surface area contributed by atoms with Gasteiger partial charge in [-0.3, -0.25) is 0 Å². The van der Waals surface area contributed by atoms with Crippen LogP contribution in [0.1, 0.15) is 19.0 Å². The average molecular weight is 295 g/mol. The highest BCUT2D eigenvalue weighted by atomic mass is 35.5. The number of halogens is 1. The van der Waals surface area contributed by atoms with Gasteiger partial charge in [0.25, 0.3) is 10.0 Å². The standard InChI is InChI=1S/C10H15ClN2O2S2/c1-6-4-8(6)5-13(3)17(14,15)9-7(2)12-10(11)16-9/h6,8H,4-5H2,1-3H3. The third-order valence-electron chi connectivity index (χ3n) is 3.14. The monoisotopic (exact) mass is 294 g/mol. The second kappa shape index (κ2) is 4.50. The molecule has 1 aromatic heterocycles. The summed E-state index contributed by atoms with van der Waals surface area (Å²) in [7, 11) is -1.80. The Morgan fingerprint density at radius 3 is 2.59 bits per heavy atom. The smallest absolute Gasteiger partial charge is 0.229 e. The fraction of sp³-hybridized carbons (Fsp3) is 0.700. The lowest BCUT2D eigenvalue weighted by Gasteiger charge is -2.15. The summed E-state index contributed by atoms with van der Waals surface area (Å²) in [6.07, 6.45) is 1.11. The van der Waals surface area contributed by atoms with E-state index in [1.807, 2.05) is 0 Å². The van der Waals surface area contributed by atoms with Crippen molar-refractivity contribution < 1.29 is 8.42 Å². The zero-order valence-electron chi connectivity index (χ0n) is 9.97. The number of aromatic nitrogens is 1. The van der Waals surface area contributed by atoms with Crippen molar-refractivity contribution in [3.05, 3.63) is 10.2 Å². The van der Waals surface area contributed by atoms with Crippen LogP contribution >= 0.6 is 22.9 Å². The van der Waals surface area contributed by atoms with Gasteiger partial charge in [-0.05, 0) is 25.2 Å². The zero-order chi connectivity index (χ0) is 12.8. The Kier molecular flexibility index (Phi) is 3.51. The quantitative estimate of drug-likeness (QED) is 0.857. The predicted octanol–water partition coefficient (Wildman–Crippen LogP) is 2.38. The van der Waals surface area contributed by atoms with Crippen LogP contribution in [0.2, 0.25) is 4.47 Å². The lowest BCUT2D eigenvalue weighted by Crippen LogP contribution is -2.29. The van der Waals surface area contributed by atoms with Gasteiger partial charge in [-0.1, -0.05) is 29.9 Å².